The van der Waals surface area contributed by atoms with Crippen molar-refractivity contribution in [3.63, 3.8) is 0 Å². The number of rotatable bonds is 3. The molecule has 0 saturated carbocycles. The second-order valence-electron chi connectivity index (χ2n) is 5.99. The molecule has 0 N–H and O–H groups in total. The van der Waals surface area contributed by atoms with E-state index in [0.717, 1.165) is 19.5 Å². The van der Waals surface area contributed by atoms with Gasteiger partial charge in [0.25, 0.3) is 11.8 Å². The quantitative estimate of drug-likeness (QED) is 0.797. The Kier molecular flexibility index (Phi) is 3.64. The molecule has 0 radical (unpaired) electrons. The van der Waals surface area contributed by atoms with Crippen LogP contribution in [-0.2, 0) is 16.1 Å². The number of nitrogens with zero attached hydrogens (tertiary/aromatic N) is 2. The Balaban J connectivity index is 1.69. The van der Waals surface area contributed by atoms with Crippen LogP contribution in [0, 0.1) is 0 Å². The standard InChI is InChI=1S/C17H20N2O2/c1-12-8-16(20)19(17(12)21)15-9-13(2)18(11-15)10-14-6-4-3-5-7-14/h3-8,13,15H,9-11H2,1-2H3. The Morgan fingerprint density at radius 1 is 1.19 bits per heavy atom. The van der Waals surface area contributed by atoms with Crippen molar-refractivity contribution in [1.29, 1.82) is 0 Å². The maximum atomic E-state index is 12.1. The number of carbonyl (C=O) groups excluding carboxylic acids is 2. The number of hydrogen-bond donors (Lipinski definition) is 0. The van der Waals surface area contributed by atoms with Gasteiger partial charge in [-0.15, -0.1) is 0 Å². The molecule has 2 amide bonds. The maximum Gasteiger partial charge on any atom is 0.256 e. The van der Waals surface area contributed by atoms with E-state index in [0.29, 0.717) is 11.6 Å². The van der Waals surface area contributed by atoms with Gasteiger partial charge >= 0.3 is 0 Å². The first-order chi connectivity index (χ1) is 10.1. The van der Waals surface area contributed by atoms with Gasteiger partial charge in [-0.05, 0) is 25.8 Å². The Bertz CT molecular complexity index is 594. The Morgan fingerprint density at radius 2 is 1.90 bits per heavy atom. The van der Waals surface area contributed by atoms with Crippen LogP contribution in [0.2, 0.25) is 0 Å². The van der Waals surface area contributed by atoms with Crippen LogP contribution < -0.4 is 0 Å². The molecule has 2 atom stereocenters. The number of benzene rings is 1. The third kappa shape index (κ3) is 2.63. The molecule has 1 aromatic rings. The Hall–Kier alpha value is -1.94. The van der Waals surface area contributed by atoms with Crippen molar-refractivity contribution in [2.45, 2.75) is 38.9 Å². The predicted molar refractivity (Wildman–Crippen MR) is 80.3 cm³/mol. The summed E-state index contributed by atoms with van der Waals surface area (Å²) in [7, 11) is 0. The first-order valence-corrected chi connectivity index (χ1v) is 7.40. The highest BCUT2D eigenvalue weighted by molar-refractivity contribution is 6.16. The normalized spacial score (nSPS) is 26.6. The van der Waals surface area contributed by atoms with Crippen LogP contribution >= 0.6 is 0 Å². The van der Waals surface area contributed by atoms with Gasteiger partial charge in [-0.25, -0.2) is 0 Å². The van der Waals surface area contributed by atoms with Crippen molar-refractivity contribution in [3.05, 3.63) is 47.5 Å². The van der Waals surface area contributed by atoms with E-state index in [1.54, 1.807) is 6.92 Å². The topological polar surface area (TPSA) is 40.6 Å². The van der Waals surface area contributed by atoms with Crippen LogP contribution in [0.1, 0.15) is 25.8 Å². The summed E-state index contributed by atoms with van der Waals surface area (Å²) in [4.78, 5) is 27.8. The second kappa shape index (κ2) is 5.45. The minimum atomic E-state index is -0.156. The number of amides is 2. The smallest absolute Gasteiger partial charge is 0.256 e. The lowest BCUT2D eigenvalue weighted by Gasteiger charge is -2.23. The second-order valence-corrected chi connectivity index (χ2v) is 5.99. The van der Waals surface area contributed by atoms with E-state index in [4.69, 9.17) is 0 Å². The molecule has 3 rings (SSSR count). The first-order valence-electron chi connectivity index (χ1n) is 7.40. The van der Waals surface area contributed by atoms with E-state index in [2.05, 4.69) is 24.0 Å². The molecule has 0 spiro atoms. The molecule has 4 heteroatoms. The predicted octanol–water partition coefficient (Wildman–Crippen LogP) is 1.96. The van der Waals surface area contributed by atoms with Crippen molar-refractivity contribution in [3.8, 4) is 0 Å². The van der Waals surface area contributed by atoms with Gasteiger partial charge in [0.1, 0.15) is 0 Å². The van der Waals surface area contributed by atoms with Crippen molar-refractivity contribution in [2.24, 2.45) is 0 Å². The molecule has 1 saturated heterocycles. The van der Waals surface area contributed by atoms with Crippen LogP contribution in [0.15, 0.2) is 42.0 Å². The molecular formula is C17H20N2O2. The zero-order chi connectivity index (χ0) is 15.0. The number of likely N-dealkylation sites (tertiary alicyclic amines) is 1. The van der Waals surface area contributed by atoms with Crippen LogP contribution in [0.3, 0.4) is 0 Å². The van der Waals surface area contributed by atoms with Gasteiger partial charge in [-0.2, -0.15) is 0 Å². The van der Waals surface area contributed by atoms with Crippen LogP contribution in [0.5, 0.6) is 0 Å². The summed E-state index contributed by atoms with van der Waals surface area (Å²) < 4.78 is 0. The van der Waals surface area contributed by atoms with Gasteiger partial charge in [0.2, 0.25) is 0 Å². The molecule has 0 bridgehead atoms. The molecule has 1 fully saturated rings. The molecule has 4 nitrogen and oxygen atoms in total. The summed E-state index contributed by atoms with van der Waals surface area (Å²) in [6.07, 6.45) is 2.30. The number of carbonyl (C=O) groups is 2. The highest BCUT2D eigenvalue weighted by Crippen LogP contribution is 2.27. The zero-order valence-corrected chi connectivity index (χ0v) is 12.5. The lowest BCUT2D eigenvalue weighted by Crippen LogP contribution is -2.42. The van der Waals surface area contributed by atoms with Gasteiger partial charge in [0, 0.05) is 30.8 Å². The first kappa shape index (κ1) is 14.0. The Labute approximate surface area is 125 Å². The molecule has 0 aromatic heterocycles. The fourth-order valence-electron chi connectivity index (χ4n) is 3.25. The summed E-state index contributed by atoms with van der Waals surface area (Å²) in [6.45, 7) is 5.49. The van der Waals surface area contributed by atoms with Crippen LogP contribution in [0.4, 0.5) is 0 Å². The van der Waals surface area contributed by atoms with E-state index >= 15 is 0 Å². The van der Waals surface area contributed by atoms with Crippen molar-refractivity contribution >= 4 is 11.8 Å². The molecule has 1 aromatic carbocycles. The van der Waals surface area contributed by atoms with Gasteiger partial charge in [-0.3, -0.25) is 19.4 Å². The molecule has 2 aliphatic heterocycles. The van der Waals surface area contributed by atoms with Crippen molar-refractivity contribution in [2.75, 3.05) is 6.54 Å². The highest BCUT2D eigenvalue weighted by atomic mass is 16.2. The third-order valence-corrected chi connectivity index (χ3v) is 4.41. The van der Waals surface area contributed by atoms with Crippen molar-refractivity contribution in [1.82, 2.24) is 9.80 Å². The fourth-order valence-corrected chi connectivity index (χ4v) is 3.25. The molecule has 2 heterocycles. The summed E-state index contributed by atoms with van der Waals surface area (Å²) in [5.41, 5.74) is 1.81. The average Bonchev–Trinajstić information content (AvgIpc) is 2.92. The molecule has 0 aliphatic carbocycles. The van der Waals surface area contributed by atoms with E-state index in [1.165, 1.54) is 16.5 Å². The molecular weight excluding hydrogens is 264 g/mol. The number of imide groups is 1. The SMILES string of the molecule is CC1=CC(=O)N(C2CC(C)N(Cc3ccccc3)C2)C1=O. The number of hydrogen-bond acceptors (Lipinski definition) is 3. The molecule has 2 aliphatic rings. The summed E-state index contributed by atoms with van der Waals surface area (Å²) in [5, 5.41) is 0. The van der Waals surface area contributed by atoms with E-state index < -0.39 is 0 Å². The lowest BCUT2D eigenvalue weighted by molar-refractivity contribution is -0.139. The zero-order valence-electron chi connectivity index (χ0n) is 12.5. The highest BCUT2D eigenvalue weighted by Gasteiger charge is 2.40. The summed E-state index contributed by atoms with van der Waals surface area (Å²) in [5.74, 6) is -0.282. The minimum absolute atomic E-state index is 0.00240. The third-order valence-electron chi connectivity index (χ3n) is 4.41. The van der Waals surface area contributed by atoms with Gasteiger partial charge in [0.05, 0.1) is 6.04 Å². The van der Waals surface area contributed by atoms with Crippen LogP contribution in [0.25, 0.3) is 0 Å². The van der Waals surface area contributed by atoms with Gasteiger partial charge in [0.15, 0.2) is 0 Å². The maximum absolute atomic E-state index is 12.1. The monoisotopic (exact) mass is 284 g/mol. The Morgan fingerprint density at radius 3 is 2.52 bits per heavy atom. The largest absolute Gasteiger partial charge is 0.294 e. The molecule has 110 valence electrons. The summed E-state index contributed by atoms with van der Waals surface area (Å²) in [6, 6.07) is 10.7. The van der Waals surface area contributed by atoms with Crippen molar-refractivity contribution < 1.29 is 9.59 Å². The molecule has 21 heavy (non-hydrogen) atoms. The minimum Gasteiger partial charge on any atom is -0.294 e. The summed E-state index contributed by atoms with van der Waals surface area (Å²) >= 11 is 0. The van der Waals surface area contributed by atoms with E-state index in [1.807, 2.05) is 18.2 Å². The fraction of sp³-hybridized carbons (Fsp3) is 0.412. The van der Waals surface area contributed by atoms with Gasteiger partial charge < -0.3 is 0 Å². The lowest BCUT2D eigenvalue weighted by atomic mass is 10.1. The van der Waals surface area contributed by atoms with Gasteiger partial charge in [-0.1, -0.05) is 30.3 Å². The molecule has 2 unspecified atom stereocenters. The van der Waals surface area contributed by atoms with Crippen LogP contribution in [-0.4, -0.2) is 40.2 Å². The average molecular weight is 284 g/mol. The van der Waals surface area contributed by atoms with E-state index in [-0.39, 0.29) is 17.9 Å². The van der Waals surface area contributed by atoms with E-state index in [9.17, 15) is 9.59 Å².